The molecule has 2 aromatic rings. The first kappa shape index (κ1) is 19.2. The van der Waals surface area contributed by atoms with Crippen LogP contribution in [-0.4, -0.2) is 42.2 Å². The number of aromatic nitrogens is 1. The molecule has 0 atom stereocenters. The van der Waals surface area contributed by atoms with E-state index in [4.69, 9.17) is 9.47 Å². The number of likely N-dealkylation sites (tertiary alicyclic amines) is 1. The van der Waals surface area contributed by atoms with E-state index in [-0.39, 0.29) is 0 Å². The van der Waals surface area contributed by atoms with Crippen molar-refractivity contribution in [2.75, 3.05) is 31.6 Å². The largest absolute Gasteiger partial charge is 0.490 e. The molecule has 1 N–H and O–H groups in total. The van der Waals surface area contributed by atoms with Crippen molar-refractivity contribution >= 4 is 5.69 Å². The van der Waals surface area contributed by atoms with Crippen molar-refractivity contribution in [2.45, 2.75) is 32.4 Å². The average molecular weight is 367 g/mol. The van der Waals surface area contributed by atoms with Gasteiger partial charge in [-0.15, -0.1) is 0 Å². The Morgan fingerprint density at radius 2 is 2.07 bits per heavy atom. The summed E-state index contributed by atoms with van der Waals surface area (Å²) >= 11 is 0. The van der Waals surface area contributed by atoms with E-state index in [0.717, 1.165) is 49.7 Å². The Hall–Kier alpha value is -2.53. The molecule has 5 nitrogen and oxygen atoms in total. The highest BCUT2D eigenvalue weighted by atomic mass is 16.5. The van der Waals surface area contributed by atoms with Gasteiger partial charge in [0.1, 0.15) is 6.61 Å². The molecular formula is C22H29N3O2. The summed E-state index contributed by atoms with van der Waals surface area (Å²) in [6, 6.07) is 10.8. The maximum Gasteiger partial charge on any atom is 0.161 e. The van der Waals surface area contributed by atoms with Crippen LogP contribution in [0.2, 0.25) is 0 Å². The first-order chi connectivity index (χ1) is 13.3. The van der Waals surface area contributed by atoms with Crippen LogP contribution >= 0.6 is 0 Å². The van der Waals surface area contributed by atoms with Crippen LogP contribution in [-0.2, 0) is 6.54 Å². The lowest BCUT2D eigenvalue weighted by molar-refractivity contribution is 0.210. The Morgan fingerprint density at radius 3 is 2.78 bits per heavy atom. The van der Waals surface area contributed by atoms with Crippen LogP contribution in [0.3, 0.4) is 0 Å². The number of hydrogen-bond donors (Lipinski definition) is 1. The number of nitrogens with one attached hydrogen (secondary N) is 1. The molecule has 2 heterocycles. The van der Waals surface area contributed by atoms with Crippen molar-refractivity contribution in [3.05, 3.63) is 60.9 Å². The lowest BCUT2D eigenvalue weighted by Gasteiger charge is -2.33. The van der Waals surface area contributed by atoms with Crippen molar-refractivity contribution in [1.82, 2.24) is 9.88 Å². The second kappa shape index (κ2) is 9.97. The molecule has 0 amide bonds. The molecule has 1 fully saturated rings. The summed E-state index contributed by atoms with van der Waals surface area (Å²) in [6.07, 6.45) is 7.70. The molecule has 3 rings (SSSR count). The summed E-state index contributed by atoms with van der Waals surface area (Å²) in [4.78, 5) is 6.67. The summed E-state index contributed by atoms with van der Waals surface area (Å²) < 4.78 is 11.4. The van der Waals surface area contributed by atoms with Gasteiger partial charge in [-0.2, -0.15) is 0 Å². The van der Waals surface area contributed by atoms with Crippen LogP contribution in [0.25, 0.3) is 0 Å². The molecule has 0 aliphatic carbocycles. The van der Waals surface area contributed by atoms with Gasteiger partial charge in [0.2, 0.25) is 0 Å². The van der Waals surface area contributed by atoms with E-state index in [1.807, 2.05) is 25.3 Å². The number of hydrogen-bond acceptors (Lipinski definition) is 5. The van der Waals surface area contributed by atoms with Gasteiger partial charge in [-0.25, -0.2) is 0 Å². The number of ether oxygens (including phenoxy) is 2. The second-order valence-electron chi connectivity index (χ2n) is 6.75. The molecule has 1 aromatic carbocycles. The maximum atomic E-state index is 5.75. The summed E-state index contributed by atoms with van der Waals surface area (Å²) in [5, 5.41) is 3.58. The monoisotopic (exact) mass is 367 g/mol. The third-order valence-electron chi connectivity index (χ3n) is 4.69. The smallest absolute Gasteiger partial charge is 0.161 e. The molecule has 1 aliphatic heterocycles. The molecule has 0 bridgehead atoms. The van der Waals surface area contributed by atoms with Crippen molar-refractivity contribution in [3.8, 4) is 11.5 Å². The van der Waals surface area contributed by atoms with Crippen molar-refractivity contribution in [1.29, 1.82) is 0 Å². The SMILES string of the molecule is C=CCOc1ccc(CN2CCC(Nc3cccnc3)CC2)cc1OCC. The molecule has 1 saturated heterocycles. The Bertz CT molecular complexity index is 713. The van der Waals surface area contributed by atoms with E-state index in [2.05, 4.69) is 40.0 Å². The fourth-order valence-corrected chi connectivity index (χ4v) is 3.36. The molecule has 1 aliphatic rings. The number of benzene rings is 1. The highest BCUT2D eigenvalue weighted by molar-refractivity contribution is 5.43. The van der Waals surface area contributed by atoms with Crippen LogP contribution in [0.15, 0.2) is 55.4 Å². The van der Waals surface area contributed by atoms with E-state index < -0.39 is 0 Å². The second-order valence-corrected chi connectivity index (χ2v) is 6.75. The van der Waals surface area contributed by atoms with Crippen LogP contribution in [0.5, 0.6) is 11.5 Å². The fourth-order valence-electron chi connectivity index (χ4n) is 3.36. The molecule has 0 spiro atoms. The summed E-state index contributed by atoms with van der Waals surface area (Å²) in [6.45, 7) is 9.89. The van der Waals surface area contributed by atoms with Gasteiger partial charge in [-0.3, -0.25) is 9.88 Å². The first-order valence-corrected chi connectivity index (χ1v) is 9.67. The van der Waals surface area contributed by atoms with E-state index in [1.165, 1.54) is 5.56 Å². The Labute approximate surface area is 162 Å². The predicted octanol–water partition coefficient (Wildman–Crippen LogP) is 4.12. The zero-order chi connectivity index (χ0) is 18.9. The molecule has 144 valence electrons. The molecule has 0 saturated carbocycles. The van der Waals surface area contributed by atoms with Crippen LogP contribution in [0, 0.1) is 0 Å². The van der Waals surface area contributed by atoms with E-state index in [9.17, 15) is 0 Å². The Morgan fingerprint density at radius 1 is 1.22 bits per heavy atom. The van der Waals surface area contributed by atoms with Crippen LogP contribution in [0.1, 0.15) is 25.3 Å². The normalized spacial score (nSPS) is 15.3. The van der Waals surface area contributed by atoms with Crippen molar-refractivity contribution in [2.24, 2.45) is 0 Å². The molecule has 5 heteroatoms. The highest BCUT2D eigenvalue weighted by Gasteiger charge is 2.19. The highest BCUT2D eigenvalue weighted by Crippen LogP contribution is 2.29. The molecule has 0 radical (unpaired) electrons. The van der Waals surface area contributed by atoms with E-state index in [1.54, 1.807) is 12.3 Å². The van der Waals surface area contributed by atoms with Gasteiger partial charge in [0.15, 0.2) is 11.5 Å². The molecule has 0 unspecified atom stereocenters. The number of rotatable bonds is 9. The summed E-state index contributed by atoms with van der Waals surface area (Å²) in [5.41, 5.74) is 2.36. The molecule has 27 heavy (non-hydrogen) atoms. The number of pyridine rings is 1. The standard InChI is InChI=1S/C22H29N3O2/c1-3-14-27-21-8-7-18(15-22(21)26-4-2)17-25-12-9-19(10-13-25)24-20-6-5-11-23-16-20/h3,5-8,11,15-16,19,24H,1,4,9-10,12-14,17H2,2H3. The number of anilines is 1. The predicted molar refractivity (Wildman–Crippen MR) is 109 cm³/mol. The fraction of sp³-hybridized carbons (Fsp3) is 0.409. The average Bonchev–Trinajstić information content (AvgIpc) is 2.70. The quantitative estimate of drug-likeness (QED) is 0.676. The van der Waals surface area contributed by atoms with Crippen LogP contribution in [0.4, 0.5) is 5.69 Å². The lowest BCUT2D eigenvalue weighted by atomic mass is 10.0. The maximum absolute atomic E-state index is 5.75. The van der Waals surface area contributed by atoms with Gasteiger partial charge in [-0.1, -0.05) is 18.7 Å². The van der Waals surface area contributed by atoms with Gasteiger partial charge in [-0.05, 0) is 49.6 Å². The van der Waals surface area contributed by atoms with Gasteiger partial charge < -0.3 is 14.8 Å². The third-order valence-corrected chi connectivity index (χ3v) is 4.69. The summed E-state index contributed by atoms with van der Waals surface area (Å²) in [7, 11) is 0. The minimum absolute atomic E-state index is 0.483. The zero-order valence-electron chi connectivity index (χ0n) is 16.1. The topological polar surface area (TPSA) is 46.6 Å². The van der Waals surface area contributed by atoms with Gasteiger partial charge >= 0.3 is 0 Å². The minimum Gasteiger partial charge on any atom is -0.490 e. The first-order valence-electron chi connectivity index (χ1n) is 9.67. The lowest BCUT2D eigenvalue weighted by Crippen LogP contribution is -2.38. The zero-order valence-corrected chi connectivity index (χ0v) is 16.1. The van der Waals surface area contributed by atoms with Gasteiger partial charge in [0, 0.05) is 38.1 Å². The number of nitrogens with zero attached hydrogens (tertiary/aromatic N) is 2. The van der Waals surface area contributed by atoms with Gasteiger partial charge in [0.25, 0.3) is 0 Å². The van der Waals surface area contributed by atoms with Crippen molar-refractivity contribution in [3.63, 3.8) is 0 Å². The third kappa shape index (κ3) is 5.73. The van der Waals surface area contributed by atoms with E-state index >= 15 is 0 Å². The van der Waals surface area contributed by atoms with Gasteiger partial charge in [0.05, 0.1) is 12.3 Å². The van der Waals surface area contributed by atoms with Crippen molar-refractivity contribution < 1.29 is 9.47 Å². The molecule has 1 aromatic heterocycles. The van der Waals surface area contributed by atoms with Crippen LogP contribution < -0.4 is 14.8 Å². The Kier molecular flexibility index (Phi) is 7.11. The minimum atomic E-state index is 0.483. The molecular weight excluding hydrogens is 338 g/mol. The Balaban J connectivity index is 1.53. The van der Waals surface area contributed by atoms with E-state index in [0.29, 0.717) is 19.3 Å². The number of piperidine rings is 1. The summed E-state index contributed by atoms with van der Waals surface area (Å²) in [5.74, 6) is 1.59.